The number of amides is 4. The summed E-state index contributed by atoms with van der Waals surface area (Å²) in [7, 11) is 6.67. The van der Waals surface area contributed by atoms with Crippen molar-refractivity contribution in [3.05, 3.63) is 78.1 Å². The van der Waals surface area contributed by atoms with Gasteiger partial charge in [0.15, 0.2) is 5.75 Å². The van der Waals surface area contributed by atoms with Gasteiger partial charge in [0.2, 0.25) is 0 Å². The Balaban J connectivity index is 1.39. The average molecular weight is 655 g/mol. The van der Waals surface area contributed by atoms with E-state index in [9.17, 15) is 14.4 Å². The second-order valence-electron chi connectivity index (χ2n) is 12.8. The van der Waals surface area contributed by atoms with E-state index >= 15 is 0 Å². The minimum Gasteiger partial charge on any atom is -0.492 e. The van der Waals surface area contributed by atoms with Crippen LogP contribution in [0.4, 0.5) is 26.7 Å². The first-order valence-electron chi connectivity index (χ1n) is 15.7. The summed E-state index contributed by atoms with van der Waals surface area (Å²) in [6.45, 7) is 6.75. The highest BCUT2D eigenvalue weighted by atomic mass is 16.5. The average Bonchev–Trinajstić information content (AvgIpc) is 3.56. The number of rotatable bonds is 8. The molecule has 3 aromatic carbocycles. The predicted molar refractivity (Wildman–Crippen MR) is 186 cm³/mol. The van der Waals surface area contributed by atoms with Crippen LogP contribution >= 0.6 is 0 Å². The number of pyridine rings is 1. The monoisotopic (exact) mass is 654 g/mol. The number of hydrogen-bond donors (Lipinski definition) is 3. The third-order valence-corrected chi connectivity index (χ3v) is 8.22. The molecule has 12 heteroatoms. The Labute approximate surface area is 280 Å². The van der Waals surface area contributed by atoms with Gasteiger partial charge in [-0.2, -0.15) is 0 Å². The van der Waals surface area contributed by atoms with Gasteiger partial charge in [-0.25, -0.2) is 9.59 Å². The van der Waals surface area contributed by atoms with Crippen molar-refractivity contribution < 1.29 is 28.6 Å². The fraction of sp³-hybridized carbons (Fsp3) is 0.333. The minimum atomic E-state index is -0.664. The van der Waals surface area contributed by atoms with E-state index in [1.54, 1.807) is 36.5 Å². The van der Waals surface area contributed by atoms with Gasteiger partial charge in [0.1, 0.15) is 17.2 Å². The molecule has 4 aromatic rings. The Morgan fingerprint density at radius 2 is 1.58 bits per heavy atom. The van der Waals surface area contributed by atoms with E-state index < -0.39 is 12.1 Å². The van der Waals surface area contributed by atoms with E-state index in [1.807, 2.05) is 75.0 Å². The molecule has 3 N–H and O–H groups in total. The number of carbonyl (C=O) groups is 3. The molecule has 12 nitrogen and oxygen atoms in total. The highest BCUT2D eigenvalue weighted by molar-refractivity contribution is 6.08. The van der Waals surface area contributed by atoms with Gasteiger partial charge in [-0.1, -0.05) is 45.0 Å². The number of fused-ring (bicyclic) bond motifs is 1. The van der Waals surface area contributed by atoms with Crippen LogP contribution < -0.4 is 25.4 Å². The quantitative estimate of drug-likeness (QED) is 0.181. The molecule has 2 heterocycles. The van der Waals surface area contributed by atoms with Crippen molar-refractivity contribution in [2.75, 3.05) is 50.8 Å². The molecule has 5 rings (SSSR count). The number of hydrogen-bond acceptors (Lipinski definition) is 8. The van der Waals surface area contributed by atoms with Crippen LogP contribution in [0.15, 0.2) is 66.9 Å². The number of nitrogens with zero attached hydrogens (tertiary/aromatic N) is 3. The van der Waals surface area contributed by atoms with Gasteiger partial charge in [0.05, 0.1) is 37.4 Å². The number of methoxy groups -OCH3 is 2. The molecule has 4 amide bonds. The number of carbonyl (C=O) groups excluding carboxylic acids is 3. The molecule has 1 atom stereocenters. The number of benzene rings is 3. The fourth-order valence-electron chi connectivity index (χ4n) is 5.76. The summed E-state index contributed by atoms with van der Waals surface area (Å²) < 4.78 is 16.7. The Hall–Kier alpha value is -5.36. The maximum atomic E-state index is 13.4. The normalized spacial score (nSPS) is 14.5. The SMILES string of the molecule is COC(=O)Nc1cc(C(C)(C)C)cc(NC(=O)Nc2ccc(Oc3ccnc(C(=O)N4CCCC4N(C)C)c3)c3ccccc23)c1OC. The summed E-state index contributed by atoms with van der Waals surface area (Å²) in [6, 6.07) is 17.5. The number of nitrogens with one attached hydrogen (secondary N) is 3. The highest BCUT2D eigenvalue weighted by Crippen LogP contribution is 2.39. The van der Waals surface area contributed by atoms with Gasteiger partial charge < -0.3 is 29.7 Å². The number of anilines is 3. The predicted octanol–water partition coefficient (Wildman–Crippen LogP) is 7.28. The van der Waals surface area contributed by atoms with Crippen molar-refractivity contribution in [2.45, 2.75) is 45.2 Å². The molecule has 0 radical (unpaired) electrons. The largest absolute Gasteiger partial charge is 0.492 e. The molecule has 0 spiro atoms. The summed E-state index contributed by atoms with van der Waals surface area (Å²) in [5.41, 5.74) is 2.14. The van der Waals surface area contributed by atoms with Gasteiger partial charge >= 0.3 is 12.1 Å². The first-order valence-corrected chi connectivity index (χ1v) is 15.7. The minimum absolute atomic E-state index is 0.0344. The Morgan fingerprint density at radius 1 is 0.896 bits per heavy atom. The molecule has 1 fully saturated rings. The summed E-state index contributed by atoms with van der Waals surface area (Å²) in [5.74, 6) is 1.16. The summed E-state index contributed by atoms with van der Waals surface area (Å²) in [6.07, 6.45) is 2.81. The molecule has 1 aromatic heterocycles. The molecule has 48 heavy (non-hydrogen) atoms. The van der Waals surface area contributed by atoms with Crippen molar-refractivity contribution >= 4 is 45.9 Å². The molecule has 252 valence electrons. The van der Waals surface area contributed by atoms with Gasteiger partial charge in [-0.3, -0.25) is 20.0 Å². The summed E-state index contributed by atoms with van der Waals surface area (Å²) in [4.78, 5) is 47.1. The van der Waals surface area contributed by atoms with E-state index in [1.165, 1.54) is 14.2 Å². The van der Waals surface area contributed by atoms with Crippen LogP contribution in [-0.4, -0.2) is 73.8 Å². The maximum Gasteiger partial charge on any atom is 0.411 e. The van der Waals surface area contributed by atoms with Crippen molar-refractivity contribution in [1.29, 1.82) is 0 Å². The first-order chi connectivity index (χ1) is 22.9. The van der Waals surface area contributed by atoms with Crippen LogP contribution in [0.5, 0.6) is 17.2 Å². The van der Waals surface area contributed by atoms with E-state index in [0.717, 1.165) is 29.2 Å². The van der Waals surface area contributed by atoms with E-state index in [4.69, 9.17) is 14.2 Å². The molecule has 0 bridgehead atoms. The molecular formula is C36H42N6O6. The molecular weight excluding hydrogens is 612 g/mol. The zero-order valence-electron chi connectivity index (χ0n) is 28.3. The highest BCUT2D eigenvalue weighted by Gasteiger charge is 2.31. The number of urea groups is 1. The van der Waals surface area contributed by atoms with Gasteiger partial charge in [0.25, 0.3) is 5.91 Å². The molecule has 0 aliphatic carbocycles. The van der Waals surface area contributed by atoms with Crippen molar-refractivity contribution in [3.63, 3.8) is 0 Å². The van der Waals surface area contributed by atoms with E-state index in [2.05, 4.69) is 20.9 Å². The zero-order valence-corrected chi connectivity index (χ0v) is 28.3. The van der Waals surface area contributed by atoms with Crippen molar-refractivity contribution in [2.24, 2.45) is 0 Å². The molecule has 1 aliphatic rings. The second kappa shape index (κ2) is 14.2. The van der Waals surface area contributed by atoms with Crippen LogP contribution in [0.1, 0.15) is 49.7 Å². The van der Waals surface area contributed by atoms with Crippen molar-refractivity contribution in [1.82, 2.24) is 14.8 Å². The molecule has 0 saturated carbocycles. The lowest BCUT2D eigenvalue weighted by molar-refractivity contribution is 0.0578. The van der Waals surface area contributed by atoms with Crippen LogP contribution in [0.3, 0.4) is 0 Å². The number of aromatic nitrogens is 1. The second-order valence-corrected chi connectivity index (χ2v) is 12.8. The van der Waals surface area contributed by atoms with Crippen molar-refractivity contribution in [3.8, 4) is 17.2 Å². The Morgan fingerprint density at radius 3 is 2.25 bits per heavy atom. The van der Waals surface area contributed by atoms with Crippen LogP contribution in [0, 0.1) is 0 Å². The van der Waals surface area contributed by atoms with E-state index in [-0.39, 0.29) is 23.2 Å². The summed E-state index contributed by atoms with van der Waals surface area (Å²) in [5, 5.41) is 9.98. The smallest absolute Gasteiger partial charge is 0.411 e. The Kier molecular flexibility index (Phi) is 10.0. The molecule has 1 aliphatic heterocycles. The van der Waals surface area contributed by atoms with Crippen LogP contribution in [0.2, 0.25) is 0 Å². The zero-order chi connectivity index (χ0) is 34.6. The third kappa shape index (κ3) is 7.44. The lowest BCUT2D eigenvalue weighted by Gasteiger charge is -2.29. The maximum absolute atomic E-state index is 13.4. The van der Waals surface area contributed by atoms with Crippen LogP contribution in [0.25, 0.3) is 10.8 Å². The topological polar surface area (TPSA) is 134 Å². The van der Waals surface area contributed by atoms with E-state index in [0.29, 0.717) is 40.8 Å². The standard InChI is InChI=1S/C36H42N6O6/c1-36(2,3)22-19-27(32(46-6)28(20-22)40-35(45)47-7)39-34(44)38-26-14-15-30(25-12-9-8-11-24(25)26)48-23-16-17-37-29(21-23)33(43)42-18-10-13-31(42)41(4)5/h8-9,11-12,14-17,19-21,31H,10,13,18H2,1-7H3,(H,40,45)(H2,38,39,44). The number of likely N-dealkylation sites (tertiary alicyclic amines) is 1. The molecule has 1 saturated heterocycles. The third-order valence-electron chi connectivity index (χ3n) is 8.22. The number of ether oxygens (including phenoxy) is 3. The molecule has 1 unspecified atom stereocenters. The van der Waals surface area contributed by atoms with Gasteiger partial charge in [0, 0.05) is 29.6 Å². The first kappa shape index (κ1) is 34.0. The lowest BCUT2D eigenvalue weighted by Crippen LogP contribution is -2.44. The fourth-order valence-corrected chi connectivity index (χ4v) is 5.76. The Bertz CT molecular complexity index is 1840. The van der Waals surface area contributed by atoms with Crippen LogP contribution in [-0.2, 0) is 10.2 Å². The lowest BCUT2D eigenvalue weighted by atomic mass is 9.86. The van der Waals surface area contributed by atoms with Gasteiger partial charge in [-0.15, -0.1) is 0 Å². The summed E-state index contributed by atoms with van der Waals surface area (Å²) >= 11 is 0. The van der Waals surface area contributed by atoms with Gasteiger partial charge in [-0.05, 0) is 68.2 Å².